The van der Waals surface area contributed by atoms with Crippen LogP contribution in [0.2, 0.25) is 26.2 Å². The Labute approximate surface area is 288 Å². The first-order chi connectivity index (χ1) is 19.3. The summed E-state index contributed by atoms with van der Waals surface area (Å²) in [6, 6.07) is 0. The summed E-state index contributed by atoms with van der Waals surface area (Å²) in [5.74, 6) is 0. The molecule has 0 aromatic heterocycles. The summed E-state index contributed by atoms with van der Waals surface area (Å²) in [6.07, 6.45) is 27.2. The number of hydrogen-bond donors (Lipinski definition) is 0. The Morgan fingerprint density at radius 3 is 1.07 bits per heavy atom. The number of allylic oxidation sites excluding steroid dienone is 16. The average Bonchev–Trinajstić information content (AvgIpc) is 3.75. The second-order valence-corrected chi connectivity index (χ2v) is 60.0. The van der Waals surface area contributed by atoms with Gasteiger partial charge < -0.3 is 0 Å². The van der Waals surface area contributed by atoms with E-state index >= 15 is 0 Å². The van der Waals surface area contributed by atoms with E-state index in [1.165, 1.54) is 64.2 Å². The van der Waals surface area contributed by atoms with Crippen molar-refractivity contribution in [3.05, 3.63) is 83.2 Å². The second-order valence-electron chi connectivity index (χ2n) is 12.0. The van der Waals surface area contributed by atoms with Gasteiger partial charge in [-0.1, -0.05) is 0 Å². The molecule has 0 fully saturated rings. The molecule has 0 aliphatic heterocycles. The van der Waals surface area contributed by atoms with Crippen molar-refractivity contribution in [2.24, 2.45) is 0 Å². The van der Waals surface area contributed by atoms with Gasteiger partial charge in [-0.3, -0.25) is 0 Å². The minimum atomic E-state index is -1.71. The predicted octanol–water partition coefficient (Wildman–Crippen LogP) is 12.6. The molecular formula is C36H58Cl2Hf2Si2. The van der Waals surface area contributed by atoms with E-state index in [1.807, 2.05) is 24.5 Å². The third-order valence-corrected chi connectivity index (χ3v) is 58.0. The summed E-state index contributed by atoms with van der Waals surface area (Å²) in [6.45, 7) is 24.5. The maximum Gasteiger partial charge on any atom is -0.147 e. The van der Waals surface area contributed by atoms with Crippen molar-refractivity contribution in [2.75, 3.05) is 0 Å². The molecule has 0 saturated carbocycles. The van der Waals surface area contributed by atoms with E-state index in [4.69, 9.17) is 0 Å². The first kappa shape index (κ1) is 40.7. The normalized spacial score (nSPS) is 17.3. The molecule has 232 valence electrons. The molecule has 4 rings (SSSR count). The Morgan fingerprint density at radius 2 is 0.857 bits per heavy atom. The van der Waals surface area contributed by atoms with Crippen LogP contribution in [0.4, 0.5) is 0 Å². The van der Waals surface area contributed by atoms with Crippen LogP contribution in [-0.2, 0) is 40.1 Å². The van der Waals surface area contributed by atoms with Crippen LogP contribution in [0.15, 0.2) is 83.2 Å². The van der Waals surface area contributed by atoms with Gasteiger partial charge in [-0.05, 0) is 0 Å². The van der Waals surface area contributed by atoms with Crippen molar-refractivity contribution in [2.45, 2.75) is 132 Å². The van der Waals surface area contributed by atoms with Gasteiger partial charge >= 0.3 is 266 Å². The van der Waals surface area contributed by atoms with E-state index in [0.29, 0.717) is 0 Å². The smallest absolute Gasteiger partial charge is 0.147 e. The van der Waals surface area contributed by atoms with Crippen LogP contribution >= 0.6 is 24.8 Å². The minimum Gasteiger partial charge on any atom is -0.147 e. The topological polar surface area (TPSA) is 0 Å². The zero-order valence-corrected chi connectivity index (χ0v) is 39.2. The average molecular weight is 975 g/mol. The summed E-state index contributed by atoms with van der Waals surface area (Å²) >= 11 is -3.43. The van der Waals surface area contributed by atoms with Crippen LogP contribution in [0, 0.1) is 0 Å². The molecule has 4 aliphatic rings. The van der Waals surface area contributed by atoms with Crippen molar-refractivity contribution in [3.63, 3.8) is 0 Å². The molecule has 0 atom stereocenters. The van der Waals surface area contributed by atoms with E-state index < -0.39 is 40.1 Å². The summed E-state index contributed by atoms with van der Waals surface area (Å²) in [5.41, 5.74) is 10.4. The van der Waals surface area contributed by atoms with Crippen LogP contribution in [-0.4, -0.2) is 11.0 Å². The second kappa shape index (κ2) is 20.0. The van der Waals surface area contributed by atoms with Gasteiger partial charge in [0.05, 0.1) is 0 Å². The Morgan fingerprint density at radius 1 is 0.524 bits per heavy atom. The number of halogens is 2. The molecule has 0 nitrogen and oxygen atoms in total. The van der Waals surface area contributed by atoms with E-state index in [2.05, 4.69) is 104 Å². The van der Waals surface area contributed by atoms with Crippen molar-refractivity contribution in [1.82, 2.24) is 0 Å². The molecule has 4 aliphatic carbocycles. The predicted molar refractivity (Wildman–Crippen MR) is 192 cm³/mol. The molecule has 0 aromatic rings. The van der Waals surface area contributed by atoms with Crippen molar-refractivity contribution >= 4 is 35.8 Å². The van der Waals surface area contributed by atoms with Gasteiger partial charge in [0.25, 0.3) is 0 Å². The Balaban J connectivity index is 0.000000401. The molecule has 0 saturated heterocycles. The third-order valence-electron chi connectivity index (χ3n) is 9.15. The van der Waals surface area contributed by atoms with Crippen molar-refractivity contribution in [3.8, 4) is 0 Å². The van der Waals surface area contributed by atoms with E-state index in [0.717, 1.165) is 0 Å². The van der Waals surface area contributed by atoms with Crippen LogP contribution in [0.25, 0.3) is 0 Å². The van der Waals surface area contributed by atoms with Gasteiger partial charge in [0, 0.05) is 0 Å². The molecule has 0 bridgehead atoms. The van der Waals surface area contributed by atoms with Gasteiger partial charge in [-0.2, -0.15) is 0 Å². The molecule has 0 heterocycles. The summed E-state index contributed by atoms with van der Waals surface area (Å²) in [7, 11) is 0. The fourth-order valence-corrected chi connectivity index (χ4v) is 58.1. The van der Waals surface area contributed by atoms with Gasteiger partial charge in [0.2, 0.25) is 0 Å². The SMILES string of the molecule is CCC1=C(CC)C(CC)=[C]([Hf]([C]2=CC=CC2)=[Si](C)C)C1.CCC1=C(CC)C(CC)=[C]([Hf]([C]2=CC=CC2)=[Si](C)C)C1.Cl.Cl. The zero-order valence-electron chi connectivity index (χ0n) is 28.4. The summed E-state index contributed by atoms with van der Waals surface area (Å²) in [4.78, 5) is 0. The Kier molecular flexibility index (Phi) is 19.4. The van der Waals surface area contributed by atoms with Crippen LogP contribution in [0.1, 0.15) is 106 Å². The molecule has 0 N–H and O–H groups in total. The van der Waals surface area contributed by atoms with Gasteiger partial charge in [-0.25, -0.2) is 0 Å². The van der Waals surface area contributed by atoms with E-state index in [1.54, 1.807) is 22.3 Å². The molecule has 0 spiro atoms. The van der Waals surface area contributed by atoms with Gasteiger partial charge in [0.15, 0.2) is 0 Å². The van der Waals surface area contributed by atoms with Gasteiger partial charge in [0.1, 0.15) is 0 Å². The third kappa shape index (κ3) is 9.37. The molecule has 42 heavy (non-hydrogen) atoms. The molecule has 6 heteroatoms. The standard InChI is InChI=1S/2C11H17.2C5H5.2C2H6Si.2ClH.2Hf/c2*1-4-9-7-8-10(5-2)11(9)6-3;2*1-2-4-5-3-1;2*1-3-2;;;;/h2*4-7H2,1-3H3;2*1-3H,4H2;2*1-2H3;2*1H;;. The fraction of sp³-hybridized carbons (Fsp3) is 0.556. The molecule has 0 aromatic carbocycles. The maximum absolute atomic E-state index is 2.59. The van der Waals surface area contributed by atoms with Gasteiger partial charge in [-0.15, -0.1) is 24.8 Å². The molecule has 0 radical (unpaired) electrons. The molecule has 0 unspecified atom stereocenters. The largest absolute Gasteiger partial charge is 0.147 e. The van der Waals surface area contributed by atoms with Crippen LogP contribution in [0.3, 0.4) is 0 Å². The minimum absolute atomic E-state index is 0. The van der Waals surface area contributed by atoms with Crippen molar-refractivity contribution in [1.29, 1.82) is 0 Å². The van der Waals surface area contributed by atoms with Crippen molar-refractivity contribution < 1.29 is 40.1 Å². The quantitative estimate of drug-likeness (QED) is 0.191. The zero-order chi connectivity index (χ0) is 29.4. The Bertz CT molecular complexity index is 1220. The first-order valence-electron chi connectivity index (χ1n) is 16.2. The Hall–Kier alpha value is 0.674. The van der Waals surface area contributed by atoms with E-state index in [9.17, 15) is 0 Å². The summed E-state index contributed by atoms with van der Waals surface area (Å²) in [5, 5.41) is 0. The molecular weight excluding hydrogens is 916 g/mol. The van der Waals surface area contributed by atoms with E-state index in [-0.39, 0.29) is 35.8 Å². The summed E-state index contributed by atoms with van der Waals surface area (Å²) < 4.78 is 7.78. The monoisotopic (exact) mass is 976 g/mol. The maximum atomic E-state index is 2.59. The fourth-order valence-electron chi connectivity index (χ4n) is 7.48. The number of hydrogen-bond acceptors (Lipinski definition) is 0. The number of rotatable bonds is 10. The van der Waals surface area contributed by atoms with Crippen LogP contribution < -0.4 is 0 Å². The molecule has 0 amide bonds. The van der Waals surface area contributed by atoms with Crippen LogP contribution in [0.5, 0.6) is 0 Å². The first-order valence-corrected chi connectivity index (χ1v) is 39.2.